The summed E-state index contributed by atoms with van der Waals surface area (Å²) < 4.78 is 5.42. The van der Waals surface area contributed by atoms with Gasteiger partial charge in [0.15, 0.2) is 5.69 Å². The van der Waals surface area contributed by atoms with Crippen molar-refractivity contribution < 1.29 is 14.6 Å². The number of fused-ring (bicyclic) bond motifs is 1. The molecular formula is C19H17ClN2O3. The van der Waals surface area contributed by atoms with Gasteiger partial charge >= 0.3 is 5.97 Å². The predicted octanol–water partition coefficient (Wildman–Crippen LogP) is 4.48. The number of aromatic nitrogens is 2. The molecule has 3 aromatic rings. The molecule has 4 rings (SSSR count). The van der Waals surface area contributed by atoms with E-state index in [9.17, 15) is 9.90 Å². The molecule has 6 heteroatoms. The third-order valence-corrected chi connectivity index (χ3v) is 5.08. The summed E-state index contributed by atoms with van der Waals surface area (Å²) in [6, 6.07) is 11.8. The smallest absolute Gasteiger partial charge is 0.357 e. The molecule has 0 radical (unpaired) electrons. The monoisotopic (exact) mass is 356 g/mol. The van der Waals surface area contributed by atoms with Crippen molar-refractivity contribution in [3.63, 3.8) is 0 Å². The van der Waals surface area contributed by atoms with Crippen molar-refractivity contribution in [3.05, 3.63) is 52.7 Å². The number of aromatic carboxylic acids is 1. The zero-order valence-corrected chi connectivity index (χ0v) is 14.2. The highest BCUT2D eigenvalue weighted by atomic mass is 35.5. The summed E-state index contributed by atoms with van der Waals surface area (Å²) >= 11 is 6.40. The van der Waals surface area contributed by atoms with Crippen LogP contribution in [0.3, 0.4) is 0 Å². The Hall–Kier alpha value is -2.37. The van der Waals surface area contributed by atoms with Gasteiger partial charge in [0.25, 0.3) is 0 Å². The van der Waals surface area contributed by atoms with Crippen molar-refractivity contribution in [1.82, 2.24) is 10.2 Å². The summed E-state index contributed by atoms with van der Waals surface area (Å²) in [5, 5.41) is 16.9. The highest BCUT2D eigenvalue weighted by molar-refractivity contribution is 6.34. The number of nitrogens with one attached hydrogen (secondary N) is 1. The molecule has 1 fully saturated rings. The van der Waals surface area contributed by atoms with Gasteiger partial charge in [-0.15, -0.1) is 0 Å². The van der Waals surface area contributed by atoms with Gasteiger partial charge in [-0.3, -0.25) is 5.10 Å². The molecule has 2 aromatic carbocycles. The number of carboxylic acids is 1. The predicted molar refractivity (Wildman–Crippen MR) is 96.3 cm³/mol. The second-order valence-corrected chi connectivity index (χ2v) is 6.67. The van der Waals surface area contributed by atoms with Crippen LogP contribution in [0.5, 0.6) is 0 Å². The molecule has 1 aliphatic rings. The van der Waals surface area contributed by atoms with Crippen molar-refractivity contribution >= 4 is 28.5 Å². The molecule has 0 unspecified atom stereocenters. The zero-order chi connectivity index (χ0) is 17.4. The summed E-state index contributed by atoms with van der Waals surface area (Å²) in [4.78, 5) is 11.3. The number of rotatable bonds is 3. The van der Waals surface area contributed by atoms with Crippen molar-refractivity contribution in [2.24, 2.45) is 0 Å². The summed E-state index contributed by atoms with van der Waals surface area (Å²) in [6.45, 7) is 1.63. The summed E-state index contributed by atoms with van der Waals surface area (Å²) in [5.74, 6) is -0.525. The second kappa shape index (κ2) is 6.50. The van der Waals surface area contributed by atoms with Crippen molar-refractivity contribution in [2.75, 3.05) is 13.2 Å². The van der Waals surface area contributed by atoms with Crippen LogP contribution < -0.4 is 0 Å². The van der Waals surface area contributed by atoms with Crippen LogP contribution in [0.4, 0.5) is 0 Å². The number of ether oxygens (including phenoxy) is 1. The quantitative estimate of drug-likeness (QED) is 0.725. The summed E-state index contributed by atoms with van der Waals surface area (Å²) in [7, 11) is 0. The third kappa shape index (κ3) is 3.01. The molecule has 0 aliphatic carbocycles. The molecule has 1 aliphatic heterocycles. The van der Waals surface area contributed by atoms with Crippen LogP contribution in [0.15, 0.2) is 36.4 Å². The fraction of sp³-hybridized carbons (Fsp3) is 0.263. The molecule has 0 atom stereocenters. The molecule has 1 aromatic heterocycles. The Balaban J connectivity index is 1.72. The minimum Gasteiger partial charge on any atom is -0.476 e. The largest absolute Gasteiger partial charge is 0.476 e. The normalized spacial score (nSPS) is 15.6. The van der Waals surface area contributed by atoms with Crippen LogP contribution in [0, 0.1) is 0 Å². The van der Waals surface area contributed by atoms with Crippen LogP contribution >= 0.6 is 11.6 Å². The Morgan fingerprint density at radius 1 is 1.20 bits per heavy atom. The van der Waals surface area contributed by atoms with Gasteiger partial charge in [-0.25, -0.2) is 4.79 Å². The molecule has 1 saturated heterocycles. The molecule has 0 saturated carbocycles. The number of aromatic amines is 1. The van der Waals surface area contributed by atoms with Crippen molar-refractivity contribution in [3.8, 4) is 11.1 Å². The van der Waals surface area contributed by atoms with Gasteiger partial charge in [0.2, 0.25) is 0 Å². The first-order valence-corrected chi connectivity index (χ1v) is 8.60. The van der Waals surface area contributed by atoms with Crippen LogP contribution in [0.2, 0.25) is 5.02 Å². The van der Waals surface area contributed by atoms with Crippen molar-refractivity contribution in [1.29, 1.82) is 0 Å². The number of carboxylic acid groups (broad SMARTS) is 1. The Labute approximate surface area is 149 Å². The lowest BCUT2D eigenvalue weighted by atomic mass is 9.90. The van der Waals surface area contributed by atoms with Gasteiger partial charge in [0.05, 0.1) is 10.5 Å². The zero-order valence-electron chi connectivity index (χ0n) is 13.5. The van der Waals surface area contributed by atoms with Crippen LogP contribution in [-0.2, 0) is 4.74 Å². The van der Waals surface area contributed by atoms with E-state index < -0.39 is 5.97 Å². The average molecular weight is 357 g/mol. The SMILES string of the molecule is O=C(O)c1n[nH]c2cc(Cl)c(-c3ccc(C4CCOCC4)cc3)cc12. The standard InChI is InChI=1S/C19H17ClN2O3/c20-16-10-17-15(18(19(23)24)22-21-17)9-14(16)13-3-1-11(2-4-13)12-5-7-25-8-6-12/h1-4,9-10,12H,5-8H2,(H,21,22)(H,23,24). The lowest BCUT2D eigenvalue weighted by Crippen LogP contribution is -2.13. The van der Waals surface area contributed by atoms with E-state index >= 15 is 0 Å². The highest BCUT2D eigenvalue weighted by Crippen LogP contribution is 2.34. The van der Waals surface area contributed by atoms with Gasteiger partial charge in [-0.1, -0.05) is 35.9 Å². The maximum absolute atomic E-state index is 11.3. The first-order chi connectivity index (χ1) is 12.1. The molecule has 2 N–H and O–H groups in total. The third-order valence-electron chi connectivity index (χ3n) is 4.77. The van der Waals surface area contributed by atoms with E-state index in [2.05, 4.69) is 22.3 Å². The highest BCUT2D eigenvalue weighted by Gasteiger charge is 2.18. The number of H-pyrrole nitrogens is 1. The van der Waals surface area contributed by atoms with Crippen LogP contribution in [0.1, 0.15) is 34.8 Å². The lowest BCUT2D eigenvalue weighted by molar-refractivity contribution is 0.0692. The first kappa shape index (κ1) is 16.1. The van der Waals surface area contributed by atoms with Gasteiger partial charge in [0, 0.05) is 24.2 Å². The van der Waals surface area contributed by atoms with Gasteiger partial charge in [0.1, 0.15) is 0 Å². The van der Waals surface area contributed by atoms with Crippen LogP contribution in [-0.4, -0.2) is 34.5 Å². The number of hydrogen-bond donors (Lipinski definition) is 2. The maximum atomic E-state index is 11.3. The minimum atomic E-state index is -1.06. The molecule has 128 valence electrons. The first-order valence-electron chi connectivity index (χ1n) is 8.22. The molecule has 0 bridgehead atoms. The van der Waals surface area contributed by atoms with E-state index in [0.717, 1.165) is 37.2 Å². The van der Waals surface area contributed by atoms with E-state index in [1.807, 2.05) is 12.1 Å². The molecule has 0 spiro atoms. The Morgan fingerprint density at radius 3 is 2.60 bits per heavy atom. The average Bonchev–Trinajstić information content (AvgIpc) is 3.05. The lowest BCUT2D eigenvalue weighted by Gasteiger charge is -2.22. The number of hydrogen-bond acceptors (Lipinski definition) is 3. The summed E-state index contributed by atoms with van der Waals surface area (Å²) in [5.41, 5.74) is 3.69. The Bertz CT molecular complexity index is 928. The molecular weight excluding hydrogens is 340 g/mol. The van der Waals surface area contributed by atoms with E-state index in [4.69, 9.17) is 16.3 Å². The number of benzene rings is 2. The van der Waals surface area contributed by atoms with E-state index in [-0.39, 0.29) is 5.69 Å². The van der Waals surface area contributed by atoms with E-state index in [0.29, 0.717) is 21.8 Å². The van der Waals surface area contributed by atoms with Crippen LogP contribution in [0.25, 0.3) is 22.0 Å². The Morgan fingerprint density at radius 2 is 1.92 bits per heavy atom. The Kier molecular flexibility index (Phi) is 4.19. The molecule has 0 amide bonds. The van der Waals surface area contributed by atoms with E-state index in [1.54, 1.807) is 12.1 Å². The fourth-order valence-electron chi connectivity index (χ4n) is 3.39. The van der Waals surface area contributed by atoms with Gasteiger partial charge in [-0.05, 0) is 42.0 Å². The summed E-state index contributed by atoms with van der Waals surface area (Å²) in [6.07, 6.45) is 2.09. The minimum absolute atomic E-state index is 0.00624. The number of carbonyl (C=O) groups is 1. The molecule has 25 heavy (non-hydrogen) atoms. The van der Waals surface area contributed by atoms with Crippen molar-refractivity contribution in [2.45, 2.75) is 18.8 Å². The second-order valence-electron chi connectivity index (χ2n) is 6.26. The number of nitrogens with zero attached hydrogens (tertiary/aromatic N) is 1. The fourth-order valence-corrected chi connectivity index (χ4v) is 3.66. The molecule has 2 heterocycles. The van der Waals surface area contributed by atoms with Gasteiger partial charge in [-0.2, -0.15) is 5.10 Å². The van der Waals surface area contributed by atoms with Gasteiger partial charge < -0.3 is 9.84 Å². The maximum Gasteiger partial charge on any atom is 0.357 e. The molecule has 5 nitrogen and oxygen atoms in total. The van der Waals surface area contributed by atoms with E-state index in [1.165, 1.54) is 5.56 Å². The number of halogens is 1. The topological polar surface area (TPSA) is 75.2 Å².